The lowest BCUT2D eigenvalue weighted by atomic mass is 10.0. The Hall–Kier alpha value is -1.42. The fourth-order valence-electron chi connectivity index (χ4n) is 2.91. The van der Waals surface area contributed by atoms with Gasteiger partial charge in [0.15, 0.2) is 0 Å². The summed E-state index contributed by atoms with van der Waals surface area (Å²) in [6.07, 6.45) is 4.62. The van der Waals surface area contributed by atoms with Crippen molar-refractivity contribution in [2.24, 2.45) is 0 Å². The molecule has 1 aromatic heterocycles. The molecule has 1 fully saturated rings. The van der Waals surface area contributed by atoms with Crippen LogP contribution >= 0.6 is 0 Å². The van der Waals surface area contributed by atoms with Crippen LogP contribution in [0.3, 0.4) is 0 Å². The zero-order chi connectivity index (χ0) is 13.2. The predicted molar refractivity (Wildman–Crippen MR) is 74.6 cm³/mol. The van der Waals surface area contributed by atoms with E-state index in [-0.39, 0.29) is 5.82 Å². The number of hydrogen-bond donors (Lipinski definition) is 1. The molecule has 0 amide bonds. The molecule has 0 spiro atoms. The van der Waals surface area contributed by atoms with Crippen molar-refractivity contribution in [3.8, 4) is 0 Å². The Morgan fingerprint density at radius 2 is 2.32 bits per heavy atom. The van der Waals surface area contributed by atoms with Crippen LogP contribution in [0, 0.1) is 5.82 Å². The third-order valence-electron chi connectivity index (χ3n) is 3.81. The molecule has 102 valence electrons. The van der Waals surface area contributed by atoms with E-state index in [1.165, 1.54) is 18.9 Å². The first kappa shape index (κ1) is 12.6. The van der Waals surface area contributed by atoms with Crippen molar-refractivity contribution < 1.29 is 4.39 Å². The first-order valence-electron chi connectivity index (χ1n) is 7.18. The minimum atomic E-state index is -0.187. The number of fused-ring (bicyclic) bond motifs is 1. The van der Waals surface area contributed by atoms with Crippen LogP contribution in [0.5, 0.6) is 0 Å². The van der Waals surface area contributed by atoms with Gasteiger partial charge in [-0.05, 0) is 44.0 Å². The molecule has 3 rings (SSSR count). The number of aromatic nitrogens is 2. The molecule has 1 atom stereocenters. The van der Waals surface area contributed by atoms with Crippen LogP contribution in [0.15, 0.2) is 18.2 Å². The lowest BCUT2D eigenvalue weighted by Gasteiger charge is -2.23. The van der Waals surface area contributed by atoms with Crippen molar-refractivity contribution in [2.45, 2.75) is 45.2 Å². The van der Waals surface area contributed by atoms with E-state index in [0.717, 1.165) is 42.8 Å². The average molecular weight is 261 g/mol. The van der Waals surface area contributed by atoms with Gasteiger partial charge in [-0.15, -0.1) is 0 Å². The minimum Gasteiger partial charge on any atom is -0.327 e. The number of halogens is 1. The van der Waals surface area contributed by atoms with Crippen molar-refractivity contribution >= 4 is 11.0 Å². The molecule has 1 aliphatic heterocycles. The molecule has 1 aromatic carbocycles. The Morgan fingerprint density at radius 3 is 3.05 bits per heavy atom. The summed E-state index contributed by atoms with van der Waals surface area (Å²) in [5.74, 6) is 0.884. The second-order valence-electron chi connectivity index (χ2n) is 5.26. The summed E-state index contributed by atoms with van der Waals surface area (Å²) >= 11 is 0. The van der Waals surface area contributed by atoms with E-state index in [0.29, 0.717) is 6.04 Å². The highest BCUT2D eigenvalue weighted by atomic mass is 19.1. The van der Waals surface area contributed by atoms with Crippen LogP contribution in [-0.4, -0.2) is 16.1 Å². The Morgan fingerprint density at radius 1 is 1.42 bits per heavy atom. The number of imidazole rings is 1. The summed E-state index contributed by atoms with van der Waals surface area (Å²) in [5, 5.41) is 3.53. The summed E-state index contributed by atoms with van der Waals surface area (Å²) in [6, 6.07) is 5.19. The molecule has 0 radical (unpaired) electrons. The van der Waals surface area contributed by atoms with Gasteiger partial charge in [-0.1, -0.05) is 13.3 Å². The summed E-state index contributed by atoms with van der Waals surface area (Å²) in [6.45, 7) is 4.09. The lowest BCUT2D eigenvalue weighted by molar-refractivity contribution is 0.386. The van der Waals surface area contributed by atoms with Crippen LogP contribution in [0.4, 0.5) is 4.39 Å². The Bertz CT molecular complexity index is 570. The molecule has 2 aromatic rings. The van der Waals surface area contributed by atoms with E-state index in [4.69, 9.17) is 4.98 Å². The summed E-state index contributed by atoms with van der Waals surface area (Å²) in [5.41, 5.74) is 1.82. The largest absolute Gasteiger partial charge is 0.327 e. The number of nitrogens with zero attached hydrogens (tertiary/aromatic N) is 2. The standard InChI is InChI=1S/C15H20FN3/c1-2-9-19-14-10-11(16)6-7-12(14)18-15(19)13-5-3-4-8-17-13/h6-7,10,13,17H,2-5,8-9H2,1H3. The maximum absolute atomic E-state index is 13.5. The van der Waals surface area contributed by atoms with Gasteiger partial charge in [-0.2, -0.15) is 0 Å². The van der Waals surface area contributed by atoms with Gasteiger partial charge in [-0.3, -0.25) is 0 Å². The lowest BCUT2D eigenvalue weighted by Crippen LogP contribution is -2.29. The van der Waals surface area contributed by atoms with Crippen molar-refractivity contribution in [3.63, 3.8) is 0 Å². The minimum absolute atomic E-state index is 0.187. The van der Waals surface area contributed by atoms with Crippen LogP contribution in [0.25, 0.3) is 11.0 Å². The molecule has 0 saturated carbocycles. The molecule has 1 aliphatic rings. The first-order valence-corrected chi connectivity index (χ1v) is 7.18. The second kappa shape index (κ2) is 5.29. The van der Waals surface area contributed by atoms with Crippen molar-refractivity contribution in [2.75, 3.05) is 6.54 Å². The highest BCUT2D eigenvalue weighted by molar-refractivity contribution is 5.76. The highest BCUT2D eigenvalue weighted by Gasteiger charge is 2.21. The smallest absolute Gasteiger partial charge is 0.127 e. The molecule has 3 nitrogen and oxygen atoms in total. The number of rotatable bonds is 3. The fraction of sp³-hybridized carbons (Fsp3) is 0.533. The van der Waals surface area contributed by atoms with Gasteiger partial charge in [0.1, 0.15) is 11.6 Å². The van der Waals surface area contributed by atoms with Crippen LogP contribution in [0.2, 0.25) is 0 Å². The molecular weight excluding hydrogens is 241 g/mol. The fourth-order valence-corrected chi connectivity index (χ4v) is 2.91. The molecule has 1 unspecified atom stereocenters. The van der Waals surface area contributed by atoms with Crippen molar-refractivity contribution in [1.82, 2.24) is 14.9 Å². The van der Waals surface area contributed by atoms with Crippen molar-refractivity contribution in [1.29, 1.82) is 0 Å². The first-order chi connectivity index (χ1) is 9.29. The van der Waals surface area contributed by atoms with E-state index in [1.54, 1.807) is 12.1 Å². The molecule has 0 aliphatic carbocycles. The van der Waals surface area contributed by atoms with Gasteiger partial charge in [-0.25, -0.2) is 9.37 Å². The quantitative estimate of drug-likeness (QED) is 0.917. The van der Waals surface area contributed by atoms with Gasteiger partial charge in [0, 0.05) is 6.54 Å². The van der Waals surface area contributed by atoms with E-state index < -0.39 is 0 Å². The van der Waals surface area contributed by atoms with Gasteiger partial charge in [0.05, 0.1) is 17.1 Å². The van der Waals surface area contributed by atoms with Crippen LogP contribution < -0.4 is 5.32 Å². The number of aryl methyl sites for hydroxylation is 1. The predicted octanol–water partition coefficient (Wildman–Crippen LogP) is 3.40. The monoisotopic (exact) mass is 261 g/mol. The Labute approximate surface area is 112 Å². The maximum Gasteiger partial charge on any atom is 0.127 e. The summed E-state index contributed by atoms with van der Waals surface area (Å²) in [7, 11) is 0. The zero-order valence-electron chi connectivity index (χ0n) is 11.3. The molecule has 1 saturated heterocycles. The van der Waals surface area contributed by atoms with Gasteiger partial charge in [0.25, 0.3) is 0 Å². The molecule has 1 N–H and O–H groups in total. The molecule has 4 heteroatoms. The number of benzene rings is 1. The normalized spacial score (nSPS) is 20.0. The van der Waals surface area contributed by atoms with Gasteiger partial charge >= 0.3 is 0 Å². The highest BCUT2D eigenvalue weighted by Crippen LogP contribution is 2.27. The zero-order valence-corrected chi connectivity index (χ0v) is 11.3. The third kappa shape index (κ3) is 2.37. The summed E-state index contributed by atoms with van der Waals surface area (Å²) < 4.78 is 15.6. The SMILES string of the molecule is CCCn1c(C2CCCCN2)nc2ccc(F)cc21. The number of hydrogen-bond acceptors (Lipinski definition) is 2. The Kier molecular flexibility index (Phi) is 3.51. The molecule has 0 bridgehead atoms. The maximum atomic E-state index is 13.5. The van der Waals surface area contributed by atoms with E-state index in [1.807, 2.05) is 0 Å². The molecule has 2 heterocycles. The van der Waals surface area contributed by atoms with Crippen LogP contribution in [-0.2, 0) is 6.54 Å². The Balaban J connectivity index is 2.08. The van der Waals surface area contributed by atoms with E-state index in [2.05, 4.69) is 16.8 Å². The second-order valence-corrected chi connectivity index (χ2v) is 5.26. The molecular formula is C15H20FN3. The van der Waals surface area contributed by atoms with E-state index in [9.17, 15) is 4.39 Å². The van der Waals surface area contributed by atoms with Crippen LogP contribution in [0.1, 0.15) is 44.5 Å². The number of nitrogens with one attached hydrogen (secondary N) is 1. The topological polar surface area (TPSA) is 29.9 Å². The van der Waals surface area contributed by atoms with Gasteiger partial charge in [0.2, 0.25) is 0 Å². The van der Waals surface area contributed by atoms with E-state index >= 15 is 0 Å². The van der Waals surface area contributed by atoms with Gasteiger partial charge < -0.3 is 9.88 Å². The number of piperidine rings is 1. The third-order valence-corrected chi connectivity index (χ3v) is 3.81. The summed E-state index contributed by atoms with van der Waals surface area (Å²) in [4.78, 5) is 4.73. The average Bonchev–Trinajstić information content (AvgIpc) is 2.79. The molecule has 19 heavy (non-hydrogen) atoms. The van der Waals surface area contributed by atoms with Crippen molar-refractivity contribution in [3.05, 3.63) is 29.8 Å².